The summed E-state index contributed by atoms with van der Waals surface area (Å²) < 4.78 is 5.55. The third-order valence-corrected chi connectivity index (χ3v) is 5.09. The molecule has 2 heterocycles. The van der Waals surface area contributed by atoms with Crippen LogP contribution in [-0.2, 0) is 9.53 Å². The fraction of sp³-hybridized carbons (Fsp3) is 0.526. The van der Waals surface area contributed by atoms with Crippen LogP contribution in [0.15, 0.2) is 42.0 Å². The maximum absolute atomic E-state index is 12.8. The maximum atomic E-state index is 12.8. The van der Waals surface area contributed by atoms with Gasteiger partial charge in [-0.15, -0.1) is 0 Å². The third-order valence-electron chi connectivity index (χ3n) is 5.09. The number of carbonyl (C=O) groups is 1. The Hall–Kier alpha value is -1.61. The number of likely N-dealkylation sites (tertiary alicyclic amines) is 1. The van der Waals surface area contributed by atoms with Gasteiger partial charge >= 0.3 is 0 Å². The molecular formula is C19H25NO2. The average Bonchev–Trinajstić information content (AvgIpc) is 2.54. The Kier molecular flexibility index (Phi) is 4.34. The molecule has 3 heteroatoms. The molecule has 0 radical (unpaired) electrons. The molecule has 0 aromatic heterocycles. The number of nitrogens with zero attached hydrogens (tertiary/aromatic N) is 1. The normalized spacial score (nSPS) is 24.2. The van der Waals surface area contributed by atoms with Crippen LogP contribution < -0.4 is 0 Å². The summed E-state index contributed by atoms with van der Waals surface area (Å²) >= 11 is 0. The van der Waals surface area contributed by atoms with E-state index < -0.39 is 0 Å². The zero-order chi connectivity index (χ0) is 15.6. The first-order valence-corrected chi connectivity index (χ1v) is 8.28. The van der Waals surface area contributed by atoms with Gasteiger partial charge in [0.2, 0.25) is 5.91 Å². The minimum absolute atomic E-state index is 0.188. The number of benzene rings is 1. The van der Waals surface area contributed by atoms with E-state index >= 15 is 0 Å². The molecular weight excluding hydrogens is 274 g/mol. The molecule has 118 valence electrons. The van der Waals surface area contributed by atoms with Crippen LogP contribution in [-0.4, -0.2) is 30.6 Å². The SMILES string of the molecule is CCC=C(C)C(=O)N1CC2(CCOCC2)[C@H]1c1ccccc1. The Labute approximate surface area is 133 Å². The van der Waals surface area contributed by atoms with E-state index in [1.165, 1.54) is 5.56 Å². The number of allylic oxidation sites excluding steroid dienone is 1. The Balaban J connectivity index is 1.89. The molecule has 1 amide bonds. The molecule has 0 unspecified atom stereocenters. The topological polar surface area (TPSA) is 29.5 Å². The highest BCUT2D eigenvalue weighted by Crippen LogP contribution is 2.54. The van der Waals surface area contributed by atoms with Crippen LogP contribution >= 0.6 is 0 Å². The molecule has 1 aromatic rings. The highest BCUT2D eigenvalue weighted by atomic mass is 16.5. The standard InChI is InChI=1S/C19H25NO2/c1-3-7-15(2)18(21)20-14-19(10-12-22-13-11-19)17(20)16-8-5-4-6-9-16/h4-9,17H,3,10-14H2,1-2H3/t17-/m1/s1. The predicted octanol–water partition coefficient (Wildman–Crippen LogP) is 3.72. The van der Waals surface area contributed by atoms with Crippen LogP contribution in [0.1, 0.15) is 44.7 Å². The van der Waals surface area contributed by atoms with E-state index in [2.05, 4.69) is 36.1 Å². The van der Waals surface area contributed by atoms with Crippen molar-refractivity contribution in [3.8, 4) is 0 Å². The Morgan fingerprint density at radius 2 is 2.00 bits per heavy atom. The molecule has 2 aliphatic heterocycles. The first-order valence-electron chi connectivity index (χ1n) is 8.28. The van der Waals surface area contributed by atoms with Gasteiger partial charge in [0.25, 0.3) is 0 Å². The van der Waals surface area contributed by atoms with Crippen molar-refractivity contribution in [3.63, 3.8) is 0 Å². The number of rotatable bonds is 3. The largest absolute Gasteiger partial charge is 0.381 e. The fourth-order valence-corrected chi connectivity index (χ4v) is 3.92. The van der Waals surface area contributed by atoms with Crippen molar-refractivity contribution < 1.29 is 9.53 Å². The second kappa shape index (κ2) is 6.25. The number of hydrogen-bond acceptors (Lipinski definition) is 2. The summed E-state index contributed by atoms with van der Waals surface area (Å²) in [5.74, 6) is 0.188. The molecule has 3 rings (SSSR count). The van der Waals surface area contributed by atoms with Gasteiger partial charge in [-0.1, -0.05) is 43.3 Å². The lowest BCUT2D eigenvalue weighted by atomic mass is 9.64. The Morgan fingerprint density at radius 1 is 1.32 bits per heavy atom. The van der Waals surface area contributed by atoms with Crippen molar-refractivity contribution in [3.05, 3.63) is 47.5 Å². The van der Waals surface area contributed by atoms with Gasteiger partial charge in [0.15, 0.2) is 0 Å². The van der Waals surface area contributed by atoms with Crippen LogP contribution in [0.25, 0.3) is 0 Å². The molecule has 0 saturated carbocycles. The number of amides is 1. The van der Waals surface area contributed by atoms with Gasteiger partial charge in [-0.05, 0) is 31.7 Å². The van der Waals surface area contributed by atoms with Gasteiger partial charge < -0.3 is 9.64 Å². The molecule has 0 N–H and O–H groups in total. The van der Waals surface area contributed by atoms with Crippen molar-refractivity contribution in [1.29, 1.82) is 0 Å². The van der Waals surface area contributed by atoms with Crippen LogP contribution in [0.5, 0.6) is 0 Å². The minimum atomic E-state index is 0.188. The molecule has 2 saturated heterocycles. The summed E-state index contributed by atoms with van der Waals surface area (Å²) in [6, 6.07) is 10.7. The Morgan fingerprint density at radius 3 is 2.64 bits per heavy atom. The van der Waals surface area contributed by atoms with Crippen LogP contribution in [0, 0.1) is 5.41 Å². The molecule has 0 bridgehead atoms. The molecule has 0 aliphatic carbocycles. The van der Waals surface area contributed by atoms with E-state index in [4.69, 9.17) is 4.74 Å². The van der Waals surface area contributed by atoms with Gasteiger partial charge in [-0.25, -0.2) is 0 Å². The molecule has 2 fully saturated rings. The van der Waals surface area contributed by atoms with E-state index in [0.29, 0.717) is 0 Å². The van der Waals surface area contributed by atoms with E-state index in [-0.39, 0.29) is 17.4 Å². The van der Waals surface area contributed by atoms with E-state index in [1.54, 1.807) is 0 Å². The van der Waals surface area contributed by atoms with Crippen molar-refractivity contribution in [2.24, 2.45) is 5.41 Å². The quantitative estimate of drug-likeness (QED) is 0.796. The van der Waals surface area contributed by atoms with Crippen molar-refractivity contribution in [2.45, 2.75) is 39.2 Å². The fourth-order valence-electron chi connectivity index (χ4n) is 3.92. The second-order valence-electron chi connectivity index (χ2n) is 6.52. The zero-order valence-electron chi connectivity index (χ0n) is 13.5. The first kappa shape index (κ1) is 15.3. The predicted molar refractivity (Wildman–Crippen MR) is 87.4 cm³/mol. The van der Waals surface area contributed by atoms with E-state index in [1.807, 2.05) is 19.1 Å². The van der Waals surface area contributed by atoms with E-state index in [0.717, 1.165) is 44.6 Å². The second-order valence-corrected chi connectivity index (χ2v) is 6.52. The van der Waals surface area contributed by atoms with Crippen LogP contribution in [0.3, 0.4) is 0 Å². The van der Waals surface area contributed by atoms with E-state index in [9.17, 15) is 4.79 Å². The van der Waals surface area contributed by atoms with Crippen molar-refractivity contribution in [2.75, 3.05) is 19.8 Å². The summed E-state index contributed by atoms with van der Waals surface area (Å²) in [4.78, 5) is 14.8. The number of hydrogen-bond donors (Lipinski definition) is 0. The monoisotopic (exact) mass is 299 g/mol. The summed E-state index contributed by atoms with van der Waals surface area (Å²) in [5.41, 5.74) is 2.33. The van der Waals surface area contributed by atoms with Gasteiger partial charge in [0.1, 0.15) is 0 Å². The maximum Gasteiger partial charge on any atom is 0.249 e. The van der Waals surface area contributed by atoms with Crippen molar-refractivity contribution in [1.82, 2.24) is 4.90 Å². The highest BCUT2D eigenvalue weighted by Gasteiger charge is 2.55. The van der Waals surface area contributed by atoms with Crippen LogP contribution in [0.4, 0.5) is 0 Å². The summed E-state index contributed by atoms with van der Waals surface area (Å²) in [6.45, 7) is 6.50. The summed E-state index contributed by atoms with van der Waals surface area (Å²) in [5, 5.41) is 0. The lowest BCUT2D eigenvalue weighted by Crippen LogP contribution is -2.62. The first-order chi connectivity index (χ1) is 10.7. The summed E-state index contributed by atoms with van der Waals surface area (Å²) in [6.07, 6.45) is 5.03. The van der Waals surface area contributed by atoms with Gasteiger partial charge in [-0.2, -0.15) is 0 Å². The lowest BCUT2D eigenvalue weighted by molar-refractivity contribution is -0.165. The zero-order valence-corrected chi connectivity index (χ0v) is 13.5. The molecule has 22 heavy (non-hydrogen) atoms. The molecule has 3 nitrogen and oxygen atoms in total. The van der Waals surface area contributed by atoms with Gasteiger partial charge in [0.05, 0.1) is 6.04 Å². The lowest BCUT2D eigenvalue weighted by Gasteiger charge is -2.59. The Bertz CT molecular complexity index is 558. The number of carbonyl (C=O) groups excluding carboxylic acids is 1. The third kappa shape index (κ3) is 2.58. The average molecular weight is 299 g/mol. The molecule has 1 spiro atoms. The minimum Gasteiger partial charge on any atom is -0.381 e. The van der Waals surface area contributed by atoms with Gasteiger partial charge in [0, 0.05) is 30.7 Å². The van der Waals surface area contributed by atoms with Gasteiger partial charge in [-0.3, -0.25) is 4.79 Å². The number of ether oxygens (including phenoxy) is 1. The molecule has 1 atom stereocenters. The smallest absolute Gasteiger partial charge is 0.249 e. The highest BCUT2D eigenvalue weighted by molar-refractivity contribution is 5.94. The molecule has 1 aromatic carbocycles. The van der Waals surface area contributed by atoms with Crippen LogP contribution in [0.2, 0.25) is 0 Å². The molecule has 2 aliphatic rings. The summed E-state index contributed by atoms with van der Waals surface area (Å²) in [7, 11) is 0. The van der Waals surface area contributed by atoms with Crippen molar-refractivity contribution >= 4 is 5.91 Å².